The van der Waals surface area contributed by atoms with E-state index in [4.69, 9.17) is 5.73 Å². The van der Waals surface area contributed by atoms with Crippen LogP contribution in [0, 0.1) is 5.92 Å². The molecule has 0 aliphatic heterocycles. The summed E-state index contributed by atoms with van der Waals surface area (Å²) in [4.78, 5) is -0.0931. The number of alkyl halides is 2. The average molecular weight is 322 g/mol. The Morgan fingerprint density at radius 2 is 2.14 bits per heavy atom. The highest BCUT2D eigenvalue weighted by Crippen LogP contribution is 2.25. The van der Waals surface area contributed by atoms with Gasteiger partial charge in [-0.25, -0.2) is 21.9 Å². The Morgan fingerprint density at radius 1 is 1.43 bits per heavy atom. The van der Waals surface area contributed by atoms with Gasteiger partial charge in [-0.3, -0.25) is 4.68 Å². The lowest BCUT2D eigenvalue weighted by Gasteiger charge is -2.30. The zero-order chi connectivity index (χ0) is 15.5. The molecule has 1 aliphatic carbocycles. The standard InChI is InChI=1S/C12H20F2N4O2S/c13-12(14)8-18-7-10(6-16-18)21(19,20)17-11-4-2-1-3-9(11)5-15/h6-7,9,11-12,17H,1-5,8,15H2. The van der Waals surface area contributed by atoms with E-state index < -0.39 is 23.0 Å². The summed E-state index contributed by atoms with van der Waals surface area (Å²) >= 11 is 0. The van der Waals surface area contributed by atoms with Crippen LogP contribution in [0.25, 0.3) is 0 Å². The third-order valence-corrected chi connectivity index (χ3v) is 5.21. The zero-order valence-electron chi connectivity index (χ0n) is 11.6. The molecule has 0 bridgehead atoms. The van der Waals surface area contributed by atoms with Crippen molar-refractivity contribution in [1.82, 2.24) is 14.5 Å². The summed E-state index contributed by atoms with van der Waals surface area (Å²) in [6.07, 6.45) is 3.27. The van der Waals surface area contributed by atoms with Gasteiger partial charge in [0.1, 0.15) is 11.4 Å². The van der Waals surface area contributed by atoms with E-state index in [0.717, 1.165) is 42.8 Å². The van der Waals surface area contributed by atoms with Gasteiger partial charge in [0.15, 0.2) is 0 Å². The first-order valence-corrected chi connectivity index (χ1v) is 8.43. The maximum absolute atomic E-state index is 12.3. The van der Waals surface area contributed by atoms with Crippen LogP contribution in [0.1, 0.15) is 25.7 Å². The number of nitrogens with two attached hydrogens (primary N) is 1. The number of halogens is 2. The van der Waals surface area contributed by atoms with Gasteiger partial charge in [-0.05, 0) is 25.3 Å². The molecule has 9 heteroatoms. The van der Waals surface area contributed by atoms with Crippen LogP contribution in [-0.2, 0) is 16.6 Å². The summed E-state index contributed by atoms with van der Waals surface area (Å²) in [5.74, 6) is 0.115. The predicted octanol–water partition coefficient (Wildman–Crippen LogP) is 0.944. The molecule has 1 heterocycles. The van der Waals surface area contributed by atoms with E-state index in [1.165, 1.54) is 0 Å². The molecule has 3 N–H and O–H groups in total. The molecule has 1 aromatic rings. The molecule has 120 valence electrons. The zero-order valence-corrected chi connectivity index (χ0v) is 12.4. The average Bonchev–Trinajstić information content (AvgIpc) is 2.87. The normalized spacial score (nSPS) is 23.6. The largest absolute Gasteiger partial charge is 0.330 e. The number of nitrogens with zero attached hydrogens (tertiary/aromatic N) is 2. The van der Waals surface area contributed by atoms with Crippen molar-refractivity contribution in [2.45, 2.75) is 49.6 Å². The van der Waals surface area contributed by atoms with Crippen LogP contribution < -0.4 is 10.5 Å². The molecule has 0 spiro atoms. The molecule has 6 nitrogen and oxygen atoms in total. The predicted molar refractivity (Wildman–Crippen MR) is 73.4 cm³/mol. The van der Waals surface area contributed by atoms with Crippen molar-refractivity contribution in [3.63, 3.8) is 0 Å². The Balaban J connectivity index is 2.08. The molecule has 1 fully saturated rings. The van der Waals surface area contributed by atoms with E-state index in [0.29, 0.717) is 6.54 Å². The monoisotopic (exact) mass is 322 g/mol. The number of aromatic nitrogens is 2. The molecule has 2 unspecified atom stereocenters. The molecule has 0 radical (unpaired) electrons. The van der Waals surface area contributed by atoms with Gasteiger partial charge in [-0.1, -0.05) is 12.8 Å². The molecule has 1 aliphatic rings. The maximum atomic E-state index is 12.3. The van der Waals surface area contributed by atoms with Crippen LogP contribution >= 0.6 is 0 Å². The van der Waals surface area contributed by atoms with Gasteiger partial charge in [0.2, 0.25) is 10.0 Å². The van der Waals surface area contributed by atoms with Gasteiger partial charge in [0, 0.05) is 12.2 Å². The van der Waals surface area contributed by atoms with Gasteiger partial charge in [-0.15, -0.1) is 0 Å². The minimum absolute atomic E-state index is 0.0931. The quantitative estimate of drug-likeness (QED) is 0.816. The number of sulfonamides is 1. The fraction of sp³-hybridized carbons (Fsp3) is 0.750. The van der Waals surface area contributed by atoms with Crippen molar-refractivity contribution in [1.29, 1.82) is 0 Å². The Hall–Kier alpha value is -1.06. The third kappa shape index (κ3) is 4.21. The number of hydrogen-bond donors (Lipinski definition) is 2. The van der Waals surface area contributed by atoms with Gasteiger partial charge in [0.25, 0.3) is 6.43 Å². The molecular formula is C12H20F2N4O2S. The van der Waals surface area contributed by atoms with Gasteiger partial charge in [-0.2, -0.15) is 5.10 Å². The number of hydrogen-bond acceptors (Lipinski definition) is 4. The van der Waals surface area contributed by atoms with Gasteiger partial charge in [0.05, 0.1) is 6.20 Å². The highest BCUT2D eigenvalue weighted by atomic mass is 32.2. The summed E-state index contributed by atoms with van der Waals surface area (Å²) in [5.41, 5.74) is 5.68. The van der Waals surface area contributed by atoms with Crippen molar-refractivity contribution in [3.8, 4) is 0 Å². The molecule has 2 rings (SSSR count). The summed E-state index contributed by atoms with van der Waals surface area (Å²) in [6.45, 7) is -0.192. The van der Waals surface area contributed by atoms with Crippen LogP contribution in [-0.4, -0.2) is 37.2 Å². The van der Waals surface area contributed by atoms with Gasteiger partial charge >= 0.3 is 0 Å². The Morgan fingerprint density at radius 3 is 2.81 bits per heavy atom. The van der Waals surface area contributed by atoms with Crippen molar-refractivity contribution >= 4 is 10.0 Å². The Bertz CT molecular complexity index is 561. The minimum Gasteiger partial charge on any atom is -0.330 e. The first-order chi connectivity index (χ1) is 9.92. The second-order valence-corrected chi connectivity index (χ2v) is 7.01. The van der Waals surface area contributed by atoms with Gasteiger partial charge < -0.3 is 5.73 Å². The fourth-order valence-corrected chi connectivity index (χ4v) is 3.93. The van der Waals surface area contributed by atoms with Crippen LogP contribution in [0.15, 0.2) is 17.3 Å². The Labute approximate surface area is 122 Å². The highest BCUT2D eigenvalue weighted by Gasteiger charge is 2.29. The van der Waals surface area contributed by atoms with Crippen molar-refractivity contribution in [2.75, 3.05) is 6.54 Å². The lowest BCUT2D eigenvalue weighted by atomic mass is 9.85. The molecular weight excluding hydrogens is 302 g/mol. The van der Waals surface area contributed by atoms with E-state index in [9.17, 15) is 17.2 Å². The van der Waals surface area contributed by atoms with Crippen LogP contribution in [0.5, 0.6) is 0 Å². The van der Waals surface area contributed by atoms with Crippen molar-refractivity contribution in [3.05, 3.63) is 12.4 Å². The summed E-state index contributed by atoms with van der Waals surface area (Å²) in [7, 11) is -3.75. The first-order valence-electron chi connectivity index (χ1n) is 6.95. The molecule has 21 heavy (non-hydrogen) atoms. The third-order valence-electron chi connectivity index (χ3n) is 3.76. The lowest BCUT2D eigenvalue weighted by molar-refractivity contribution is 0.121. The second kappa shape index (κ2) is 6.80. The summed E-state index contributed by atoms with van der Waals surface area (Å²) in [6, 6.07) is -0.202. The van der Waals surface area contributed by atoms with E-state index in [1.54, 1.807) is 0 Å². The van der Waals surface area contributed by atoms with E-state index in [1.807, 2.05) is 0 Å². The van der Waals surface area contributed by atoms with E-state index in [-0.39, 0.29) is 16.9 Å². The maximum Gasteiger partial charge on any atom is 0.257 e. The topological polar surface area (TPSA) is 90.0 Å². The molecule has 2 atom stereocenters. The van der Waals surface area contributed by atoms with E-state index in [2.05, 4.69) is 9.82 Å². The lowest BCUT2D eigenvalue weighted by Crippen LogP contribution is -2.44. The van der Waals surface area contributed by atoms with E-state index >= 15 is 0 Å². The van der Waals surface area contributed by atoms with Crippen LogP contribution in [0.3, 0.4) is 0 Å². The first kappa shape index (κ1) is 16.3. The summed E-state index contributed by atoms with van der Waals surface area (Å²) < 4.78 is 52.6. The minimum atomic E-state index is -3.75. The highest BCUT2D eigenvalue weighted by molar-refractivity contribution is 7.89. The second-order valence-electron chi connectivity index (χ2n) is 5.30. The SMILES string of the molecule is NCC1CCCCC1NS(=O)(=O)c1cnn(CC(F)F)c1. The molecule has 0 amide bonds. The Kier molecular flexibility index (Phi) is 5.28. The molecule has 0 aromatic carbocycles. The number of nitrogens with one attached hydrogen (secondary N) is 1. The van der Waals surface area contributed by atoms with Crippen molar-refractivity contribution < 1.29 is 17.2 Å². The molecule has 1 aromatic heterocycles. The fourth-order valence-electron chi connectivity index (χ4n) is 2.64. The van der Waals surface area contributed by atoms with Crippen LogP contribution in [0.2, 0.25) is 0 Å². The molecule has 1 saturated carbocycles. The van der Waals surface area contributed by atoms with Crippen molar-refractivity contribution in [2.24, 2.45) is 11.7 Å². The summed E-state index contributed by atoms with van der Waals surface area (Å²) in [5, 5.41) is 3.65. The number of rotatable bonds is 6. The van der Waals surface area contributed by atoms with Crippen LogP contribution in [0.4, 0.5) is 8.78 Å². The molecule has 0 saturated heterocycles. The smallest absolute Gasteiger partial charge is 0.257 e.